The van der Waals surface area contributed by atoms with E-state index in [1.807, 2.05) is 36.5 Å². The fourth-order valence-corrected chi connectivity index (χ4v) is 2.44. The second kappa shape index (κ2) is 5.88. The molecule has 0 unspecified atom stereocenters. The highest BCUT2D eigenvalue weighted by Gasteiger charge is 2.20. The summed E-state index contributed by atoms with van der Waals surface area (Å²) in [5.74, 6) is 0.179. The lowest BCUT2D eigenvalue weighted by Gasteiger charge is -2.21. The van der Waals surface area contributed by atoms with Crippen molar-refractivity contribution in [2.45, 2.75) is 12.8 Å². The molecule has 5 nitrogen and oxygen atoms in total. The highest BCUT2D eigenvalue weighted by molar-refractivity contribution is 5.92. The van der Waals surface area contributed by atoms with Gasteiger partial charge in [-0.25, -0.2) is 4.68 Å². The minimum absolute atomic E-state index is 0.0783. The average Bonchev–Trinajstić information content (AvgIpc) is 3.03. The third kappa shape index (κ3) is 2.88. The van der Waals surface area contributed by atoms with E-state index in [0.29, 0.717) is 0 Å². The molecule has 1 aliphatic rings. The molecular formula is C15H18N4O. The van der Waals surface area contributed by atoms with Gasteiger partial charge in [-0.05, 0) is 49.7 Å². The first-order valence-corrected chi connectivity index (χ1v) is 6.94. The van der Waals surface area contributed by atoms with E-state index in [4.69, 9.17) is 0 Å². The number of nitrogens with zero attached hydrogens (tertiary/aromatic N) is 2. The quantitative estimate of drug-likeness (QED) is 0.894. The first kappa shape index (κ1) is 12.9. The summed E-state index contributed by atoms with van der Waals surface area (Å²) in [6, 6.07) is 9.59. The molecule has 1 aromatic heterocycles. The lowest BCUT2D eigenvalue weighted by Crippen LogP contribution is -2.37. The van der Waals surface area contributed by atoms with Crippen LogP contribution in [0.5, 0.6) is 0 Å². The van der Waals surface area contributed by atoms with Crippen LogP contribution in [0.25, 0.3) is 5.69 Å². The fourth-order valence-electron chi connectivity index (χ4n) is 2.44. The Morgan fingerprint density at radius 1 is 1.35 bits per heavy atom. The first-order valence-electron chi connectivity index (χ1n) is 6.94. The summed E-state index contributed by atoms with van der Waals surface area (Å²) < 4.78 is 1.79. The zero-order chi connectivity index (χ0) is 13.8. The minimum Gasteiger partial charge on any atom is -0.326 e. The van der Waals surface area contributed by atoms with Crippen LogP contribution in [0.1, 0.15) is 12.8 Å². The Hall–Kier alpha value is -2.14. The standard InChI is InChI=1S/C15H18N4O/c20-15(12-3-1-8-16-11-12)18-13-4-6-14(7-5-13)19-10-2-9-17-19/h2,4-7,9-10,12,16H,1,3,8,11H2,(H,18,20)/t12-/m1/s1. The topological polar surface area (TPSA) is 59.0 Å². The lowest BCUT2D eigenvalue weighted by molar-refractivity contribution is -0.120. The van der Waals surface area contributed by atoms with E-state index >= 15 is 0 Å². The van der Waals surface area contributed by atoms with Crippen LogP contribution in [0, 0.1) is 5.92 Å². The van der Waals surface area contributed by atoms with Crippen LogP contribution in [0.4, 0.5) is 5.69 Å². The summed E-state index contributed by atoms with van der Waals surface area (Å²) in [5, 5.41) is 10.4. The SMILES string of the molecule is O=C(Nc1ccc(-n2cccn2)cc1)[C@@H]1CCCNC1. The van der Waals surface area contributed by atoms with Crippen LogP contribution in [0.3, 0.4) is 0 Å². The zero-order valence-electron chi connectivity index (χ0n) is 11.2. The molecular weight excluding hydrogens is 252 g/mol. The summed E-state index contributed by atoms with van der Waals surface area (Å²) in [5.41, 5.74) is 1.81. The van der Waals surface area contributed by atoms with Gasteiger partial charge in [0.25, 0.3) is 0 Å². The van der Waals surface area contributed by atoms with Gasteiger partial charge in [0.05, 0.1) is 11.6 Å². The molecule has 1 fully saturated rings. The van der Waals surface area contributed by atoms with Crippen molar-refractivity contribution in [3.8, 4) is 5.69 Å². The molecule has 0 aliphatic carbocycles. The molecule has 1 atom stereocenters. The molecule has 0 radical (unpaired) electrons. The van der Waals surface area contributed by atoms with Crippen molar-refractivity contribution in [1.29, 1.82) is 0 Å². The molecule has 0 saturated carbocycles. The van der Waals surface area contributed by atoms with Gasteiger partial charge in [0.2, 0.25) is 5.91 Å². The third-order valence-corrected chi connectivity index (χ3v) is 3.57. The maximum absolute atomic E-state index is 12.1. The van der Waals surface area contributed by atoms with Crippen LogP contribution < -0.4 is 10.6 Å². The number of amides is 1. The molecule has 5 heteroatoms. The molecule has 0 spiro atoms. The molecule has 2 aromatic rings. The Bertz CT molecular complexity index is 556. The molecule has 1 aliphatic heterocycles. The number of nitrogens with one attached hydrogen (secondary N) is 2. The van der Waals surface area contributed by atoms with Crippen LogP contribution in [-0.2, 0) is 4.79 Å². The fraction of sp³-hybridized carbons (Fsp3) is 0.333. The van der Waals surface area contributed by atoms with E-state index in [-0.39, 0.29) is 11.8 Å². The van der Waals surface area contributed by atoms with Gasteiger partial charge < -0.3 is 10.6 Å². The highest BCUT2D eigenvalue weighted by Crippen LogP contribution is 2.16. The number of hydrogen-bond donors (Lipinski definition) is 2. The summed E-state index contributed by atoms with van der Waals surface area (Å²) >= 11 is 0. The molecule has 1 aromatic carbocycles. The smallest absolute Gasteiger partial charge is 0.228 e. The van der Waals surface area contributed by atoms with Crippen LogP contribution in [-0.4, -0.2) is 28.8 Å². The predicted octanol–water partition coefficient (Wildman–Crippen LogP) is 1.81. The molecule has 1 amide bonds. The lowest BCUT2D eigenvalue weighted by atomic mass is 9.99. The normalized spacial score (nSPS) is 18.7. The summed E-state index contributed by atoms with van der Waals surface area (Å²) in [7, 11) is 0. The maximum Gasteiger partial charge on any atom is 0.228 e. The number of anilines is 1. The van der Waals surface area contributed by atoms with Gasteiger partial charge in [0.1, 0.15) is 0 Å². The second-order valence-electron chi connectivity index (χ2n) is 5.03. The van der Waals surface area contributed by atoms with Gasteiger partial charge in [0, 0.05) is 24.6 Å². The van der Waals surface area contributed by atoms with E-state index in [0.717, 1.165) is 37.3 Å². The molecule has 1 saturated heterocycles. The van der Waals surface area contributed by atoms with Crippen LogP contribution in [0.15, 0.2) is 42.7 Å². The largest absolute Gasteiger partial charge is 0.326 e. The Kier molecular flexibility index (Phi) is 3.78. The first-order chi connectivity index (χ1) is 9.83. The van der Waals surface area contributed by atoms with E-state index in [1.54, 1.807) is 10.9 Å². The number of hydrogen-bond acceptors (Lipinski definition) is 3. The van der Waals surface area contributed by atoms with Crippen LogP contribution in [0.2, 0.25) is 0 Å². The number of rotatable bonds is 3. The Morgan fingerprint density at radius 2 is 2.20 bits per heavy atom. The van der Waals surface area contributed by atoms with Crippen molar-refractivity contribution in [3.63, 3.8) is 0 Å². The molecule has 104 valence electrons. The predicted molar refractivity (Wildman–Crippen MR) is 77.8 cm³/mol. The van der Waals surface area contributed by atoms with Crippen molar-refractivity contribution >= 4 is 11.6 Å². The number of piperidine rings is 1. The van der Waals surface area contributed by atoms with E-state index in [2.05, 4.69) is 15.7 Å². The average molecular weight is 270 g/mol. The minimum atomic E-state index is 0.0783. The number of benzene rings is 1. The Labute approximate surface area is 118 Å². The summed E-state index contributed by atoms with van der Waals surface area (Å²) in [4.78, 5) is 12.1. The van der Waals surface area contributed by atoms with Crippen molar-refractivity contribution in [1.82, 2.24) is 15.1 Å². The Balaban J connectivity index is 1.64. The van der Waals surface area contributed by atoms with Gasteiger partial charge in [-0.1, -0.05) is 0 Å². The van der Waals surface area contributed by atoms with Crippen molar-refractivity contribution in [2.75, 3.05) is 18.4 Å². The van der Waals surface area contributed by atoms with Gasteiger partial charge in [0.15, 0.2) is 0 Å². The van der Waals surface area contributed by atoms with Crippen molar-refractivity contribution in [3.05, 3.63) is 42.7 Å². The van der Waals surface area contributed by atoms with Crippen molar-refractivity contribution < 1.29 is 4.79 Å². The number of aromatic nitrogens is 2. The van der Waals surface area contributed by atoms with Gasteiger partial charge in [-0.3, -0.25) is 4.79 Å². The molecule has 20 heavy (non-hydrogen) atoms. The van der Waals surface area contributed by atoms with Gasteiger partial charge in [-0.2, -0.15) is 5.10 Å². The molecule has 2 heterocycles. The zero-order valence-corrected chi connectivity index (χ0v) is 11.2. The van der Waals surface area contributed by atoms with E-state index < -0.39 is 0 Å². The molecule has 0 bridgehead atoms. The van der Waals surface area contributed by atoms with E-state index in [1.165, 1.54) is 0 Å². The second-order valence-corrected chi connectivity index (χ2v) is 5.03. The molecule has 3 rings (SSSR count). The molecule has 2 N–H and O–H groups in total. The maximum atomic E-state index is 12.1. The van der Waals surface area contributed by atoms with Crippen LogP contribution >= 0.6 is 0 Å². The van der Waals surface area contributed by atoms with Gasteiger partial charge >= 0.3 is 0 Å². The monoisotopic (exact) mass is 270 g/mol. The van der Waals surface area contributed by atoms with Crippen molar-refractivity contribution in [2.24, 2.45) is 5.92 Å². The third-order valence-electron chi connectivity index (χ3n) is 3.57. The van der Waals surface area contributed by atoms with E-state index in [9.17, 15) is 4.79 Å². The summed E-state index contributed by atoms with van der Waals surface area (Å²) in [6.07, 6.45) is 5.66. The van der Waals surface area contributed by atoms with Gasteiger partial charge in [-0.15, -0.1) is 0 Å². The summed E-state index contributed by atoms with van der Waals surface area (Å²) in [6.45, 7) is 1.79. The number of carbonyl (C=O) groups excluding carboxylic acids is 1. The highest BCUT2D eigenvalue weighted by atomic mass is 16.1. The number of carbonyl (C=O) groups is 1. The Morgan fingerprint density at radius 3 is 2.85 bits per heavy atom.